The van der Waals surface area contributed by atoms with Crippen molar-refractivity contribution in [1.82, 2.24) is 9.71 Å². The second-order valence-corrected chi connectivity index (χ2v) is 7.91. The summed E-state index contributed by atoms with van der Waals surface area (Å²) < 4.78 is 33.4. The number of aromatic nitrogens is 1. The van der Waals surface area contributed by atoms with Gasteiger partial charge in [-0.1, -0.05) is 18.2 Å². The van der Waals surface area contributed by atoms with E-state index >= 15 is 0 Å². The van der Waals surface area contributed by atoms with Gasteiger partial charge >= 0.3 is 5.97 Å². The van der Waals surface area contributed by atoms with Crippen LogP contribution in [0.3, 0.4) is 0 Å². The Kier molecular flexibility index (Phi) is 5.03. The quantitative estimate of drug-likeness (QED) is 0.808. The molecule has 0 amide bonds. The topological polar surface area (TPSA) is 106 Å². The Balaban J connectivity index is 1.95. The van der Waals surface area contributed by atoms with E-state index in [9.17, 15) is 18.3 Å². The fraction of sp³-hybridized carbons (Fsp3) is 0.412. The number of fused-ring (bicyclic) bond motifs is 1. The van der Waals surface area contributed by atoms with E-state index in [4.69, 9.17) is 4.74 Å². The van der Waals surface area contributed by atoms with Crippen molar-refractivity contribution in [1.29, 1.82) is 0 Å². The average Bonchev–Trinajstić information content (AvgIpc) is 3.06. The van der Waals surface area contributed by atoms with Gasteiger partial charge in [-0.25, -0.2) is 8.42 Å². The van der Waals surface area contributed by atoms with Crippen molar-refractivity contribution in [3.8, 4) is 0 Å². The Morgan fingerprint density at radius 3 is 2.92 bits per heavy atom. The van der Waals surface area contributed by atoms with Crippen LogP contribution in [0.5, 0.6) is 0 Å². The molecular formula is C17H20N2O5S. The van der Waals surface area contributed by atoms with Crippen LogP contribution in [0.2, 0.25) is 0 Å². The number of ether oxygens (including phenoxy) is 1. The molecule has 1 saturated heterocycles. The first-order chi connectivity index (χ1) is 11.9. The number of rotatable bonds is 6. The number of carboxylic acid groups (broad SMARTS) is 1. The third kappa shape index (κ3) is 3.81. The fourth-order valence-corrected chi connectivity index (χ4v) is 4.71. The Bertz CT molecular complexity index is 891. The van der Waals surface area contributed by atoms with E-state index in [1.807, 2.05) is 0 Å². The molecule has 3 rings (SSSR count). The van der Waals surface area contributed by atoms with E-state index in [2.05, 4.69) is 9.71 Å². The molecule has 1 aliphatic heterocycles. The van der Waals surface area contributed by atoms with Crippen molar-refractivity contribution >= 4 is 26.9 Å². The first kappa shape index (κ1) is 17.8. The number of sulfonamides is 1. The average molecular weight is 364 g/mol. The lowest BCUT2D eigenvalue weighted by Crippen LogP contribution is -2.42. The van der Waals surface area contributed by atoms with Gasteiger partial charge in [-0.3, -0.25) is 9.78 Å². The summed E-state index contributed by atoms with van der Waals surface area (Å²) in [5.41, 5.74) is 0.857. The molecule has 0 saturated carbocycles. The van der Waals surface area contributed by atoms with Gasteiger partial charge in [-0.05, 0) is 37.3 Å². The zero-order valence-electron chi connectivity index (χ0n) is 13.8. The summed E-state index contributed by atoms with van der Waals surface area (Å²) in [6.07, 6.45) is 2.46. The smallest absolute Gasteiger partial charge is 0.321 e. The Hall–Kier alpha value is -2.03. The first-order valence-electron chi connectivity index (χ1n) is 8.05. The number of aliphatic carboxylic acids is 1. The molecule has 8 heteroatoms. The molecule has 1 aromatic heterocycles. The largest absolute Gasteiger partial charge is 0.480 e. The third-order valence-corrected chi connectivity index (χ3v) is 6.03. The monoisotopic (exact) mass is 364 g/mol. The molecule has 0 radical (unpaired) electrons. The van der Waals surface area contributed by atoms with Crippen LogP contribution in [-0.4, -0.2) is 43.7 Å². The van der Waals surface area contributed by atoms with Gasteiger partial charge in [0.15, 0.2) is 0 Å². The fourth-order valence-electron chi connectivity index (χ4n) is 3.11. The molecule has 0 aliphatic carbocycles. The second-order valence-electron chi connectivity index (χ2n) is 6.26. The zero-order valence-corrected chi connectivity index (χ0v) is 14.6. The highest BCUT2D eigenvalue weighted by atomic mass is 32.2. The van der Waals surface area contributed by atoms with E-state index in [-0.39, 0.29) is 17.2 Å². The maximum Gasteiger partial charge on any atom is 0.321 e. The highest BCUT2D eigenvalue weighted by molar-refractivity contribution is 7.89. The van der Waals surface area contributed by atoms with Crippen molar-refractivity contribution in [2.45, 2.75) is 30.7 Å². The van der Waals surface area contributed by atoms with Gasteiger partial charge in [0.1, 0.15) is 10.9 Å². The van der Waals surface area contributed by atoms with Gasteiger partial charge in [0.25, 0.3) is 0 Å². The maximum absolute atomic E-state index is 12.9. The lowest BCUT2D eigenvalue weighted by atomic mass is 10.00. The first-order valence-corrected chi connectivity index (χ1v) is 9.54. The molecule has 0 bridgehead atoms. The maximum atomic E-state index is 12.9. The number of nitrogens with zero attached hydrogens (tertiary/aromatic N) is 1. The lowest BCUT2D eigenvalue weighted by Gasteiger charge is -2.19. The summed E-state index contributed by atoms with van der Waals surface area (Å²) in [6.45, 7) is 2.71. The lowest BCUT2D eigenvalue weighted by molar-refractivity contribution is -0.139. The number of pyridine rings is 1. The molecule has 2 atom stereocenters. The minimum absolute atomic E-state index is 0.0273. The second kappa shape index (κ2) is 7.07. The van der Waals surface area contributed by atoms with Gasteiger partial charge in [0, 0.05) is 24.8 Å². The van der Waals surface area contributed by atoms with Crippen LogP contribution >= 0.6 is 0 Å². The van der Waals surface area contributed by atoms with Gasteiger partial charge in [-0.15, -0.1) is 0 Å². The van der Waals surface area contributed by atoms with Crippen molar-refractivity contribution < 1.29 is 23.1 Å². The summed E-state index contributed by atoms with van der Waals surface area (Å²) in [7, 11) is -4.04. The molecule has 1 aromatic carbocycles. The van der Waals surface area contributed by atoms with Crippen LogP contribution < -0.4 is 4.72 Å². The number of carbonyl (C=O) groups is 1. The summed E-state index contributed by atoms with van der Waals surface area (Å²) in [4.78, 5) is 15.8. The minimum Gasteiger partial charge on any atom is -0.480 e. The van der Waals surface area contributed by atoms with Gasteiger partial charge in [0.2, 0.25) is 10.0 Å². The highest BCUT2D eigenvalue weighted by Crippen LogP contribution is 2.26. The number of carboxylic acids is 1. The van der Waals surface area contributed by atoms with Gasteiger partial charge in [0.05, 0.1) is 5.52 Å². The molecule has 2 heterocycles. The van der Waals surface area contributed by atoms with Crippen LogP contribution in [0.25, 0.3) is 10.9 Å². The van der Waals surface area contributed by atoms with Gasteiger partial charge < -0.3 is 9.84 Å². The van der Waals surface area contributed by atoms with E-state index in [1.165, 1.54) is 6.20 Å². The van der Waals surface area contributed by atoms with Crippen molar-refractivity contribution in [2.24, 2.45) is 5.92 Å². The standard InChI is InChI=1S/C17H20N2O5S/c1-11-4-5-13-3-2-7-18-15(13)16(11)25(22,23)19-14(17(20)21)9-12-6-8-24-10-12/h2-5,7,12,14,19H,6,8-10H2,1H3,(H,20,21). The molecule has 2 unspecified atom stereocenters. The predicted molar refractivity (Wildman–Crippen MR) is 91.8 cm³/mol. The molecule has 2 aromatic rings. The molecule has 1 fully saturated rings. The SMILES string of the molecule is Cc1ccc2cccnc2c1S(=O)(=O)NC(CC1CCOC1)C(=O)O. The number of nitrogens with one attached hydrogen (secondary N) is 1. The van der Waals surface area contributed by atoms with Crippen LogP contribution in [0, 0.1) is 12.8 Å². The number of hydrogen-bond acceptors (Lipinski definition) is 5. The highest BCUT2D eigenvalue weighted by Gasteiger charge is 2.31. The summed E-state index contributed by atoms with van der Waals surface area (Å²) in [5.74, 6) is -1.16. The molecule has 1 aliphatic rings. The summed E-state index contributed by atoms with van der Waals surface area (Å²) >= 11 is 0. The molecule has 7 nitrogen and oxygen atoms in total. The number of hydrogen-bond donors (Lipinski definition) is 2. The summed E-state index contributed by atoms with van der Waals surface area (Å²) in [6, 6.07) is 5.78. The Morgan fingerprint density at radius 2 is 2.24 bits per heavy atom. The van der Waals surface area contributed by atoms with Gasteiger partial charge in [-0.2, -0.15) is 4.72 Å². The molecule has 2 N–H and O–H groups in total. The third-order valence-electron chi connectivity index (χ3n) is 4.38. The Labute approximate surface area is 146 Å². The van der Waals surface area contributed by atoms with E-state index < -0.39 is 22.0 Å². The number of aryl methyl sites for hydroxylation is 1. The molecule has 0 spiro atoms. The van der Waals surface area contributed by atoms with Crippen molar-refractivity contribution in [3.63, 3.8) is 0 Å². The van der Waals surface area contributed by atoms with Crippen molar-refractivity contribution in [2.75, 3.05) is 13.2 Å². The normalized spacial score (nSPS) is 19.2. The number of benzene rings is 1. The van der Waals surface area contributed by atoms with Crippen molar-refractivity contribution in [3.05, 3.63) is 36.0 Å². The predicted octanol–water partition coefficient (Wildman–Crippen LogP) is 1.70. The summed E-state index contributed by atoms with van der Waals surface area (Å²) in [5, 5.41) is 10.1. The van der Waals surface area contributed by atoms with E-state index in [0.717, 1.165) is 6.42 Å². The van der Waals surface area contributed by atoms with Crippen LogP contribution in [0.4, 0.5) is 0 Å². The van der Waals surface area contributed by atoms with Crippen LogP contribution in [0.15, 0.2) is 35.4 Å². The zero-order chi connectivity index (χ0) is 18.0. The minimum atomic E-state index is -4.04. The van der Waals surface area contributed by atoms with Crippen LogP contribution in [0.1, 0.15) is 18.4 Å². The van der Waals surface area contributed by atoms with Crippen LogP contribution in [-0.2, 0) is 19.6 Å². The van der Waals surface area contributed by atoms with E-state index in [1.54, 1.807) is 31.2 Å². The molecule has 25 heavy (non-hydrogen) atoms. The molecule has 134 valence electrons. The Morgan fingerprint density at radius 1 is 1.44 bits per heavy atom. The van der Waals surface area contributed by atoms with E-state index in [0.29, 0.717) is 29.7 Å². The molecular weight excluding hydrogens is 344 g/mol.